The lowest BCUT2D eigenvalue weighted by atomic mass is 9.99. The molecule has 94 valence electrons. The van der Waals surface area contributed by atoms with Gasteiger partial charge in [0.2, 0.25) is 0 Å². The molecule has 0 fully saturated rings. The van der Waals surface area contributed by atoms with Gasteiger partial charge in [-0.05, 0) is 43.7 Å². The Morgan fingerprint density at radius 1 is 1.17 bits per heavy atom. The molecule has 2 aromatic rings. The van der Waals surface area contributed by atoms with E-state index in [1.165, 1.54) is 11.1 Å². The summed E-state index contributed by atoms with van der Waals surface area (Å²) in [6, 6.07) is 8.44. The van der Waals surface area contributed by atoms with Crippen LogP contribution in [0.15, 0.2) is 36.7 Å². The van der Waals surface area contributed by atoms with Crippen LogP contribution < -0.4 is 5.32 Å². The SMILES string of the molecule is CCNC(c1ccc(C)nc1)c1cccnc1C. The van der Waals surface area contributed by atoms with Crippen molar-refractivity contribution in [2.45, 2.75) is 26.8 Å². The standard InChI is InChI=1S/C15H19N3/c1-4-16-15(13-8-7-11(2)18-10-13)14-6-5-9-17-12(14)3/h5-10,15-16H,4H2,1-3H3. The van der Waals surface area contributed by atoms with E-state index in [1.807, 2.05) is 38.4 Å². The fraction of sp³-hybridized carbons (Fsp3) is 0.333. The van der Waals surface area contributed by atoms with Crippen molar-refractivity contribution in [2.24, 2.45) is 0 Å². The molecule has 0 amide bonds. The van der Waals surface area contributed by atoms with E-state index < -0.39 is 0 Å². The Bertz CT molecular complexity index is 505. The van der Waals surface area contributed by atoms with Crippen molar-refractivity contribution in [2.75, 3.05) is 6.54 Å². The molecular weight excluding hydrogens is 222 g/mol. The Kier molecular flexibility index (Phi) is 4.05. The second-order valence-electron chi connectivity index (χ2n) is 4.40. The van der Waals surface area contributed by atoms with E-state index in [4.69, 9.17) is 0 Å². The molecule has 1 atom stereocenters. The molecule has 0 aliphatic heterocycles. The van der Waals surface area contributed by atoms with Gasteiger partial charge in [-0.25, -0.2) is 0 Å². The highest BCUT2D eigenvalue weighted by Crippen LogP contribution is 2.23. The molecule has 2 aromatic heterocycles. The normalized spacial score (nSPS) is 12.4. The summed E-state index contributed by atoms with van der Waals surface area (Å²) in [5, 5.41) is 3.50. The van der Waals surface area contributed by atoms with Crippen LogP contribution in [0.5, 0.6) is 0 Å². The summed E-state index contributed by atoms with van der Waals surface area (Å²) in [5.74, 6) is 0. The predicted octanol–water partition coefficient (Wildman–Crippen LogP) is 2.79. The molecule has 18 heavy (non-hydrogen) atoms. The Morgan fingerprint density at radius 3 is 2.61 bits per heavy atom. The van der Waals surface area contributed by atoms with Gasteiger partial charge in [-0.3, -0.25) is 9.97 Å². The smallest absolute Gasteiger partial charge is 0.0609 e. The molecule has 2 rings (SSSR count). The van der Waals surface area contributed by atoms with Crippen molar-refractivity contribution in [3.05, 3.63) is 59.2 Å². The fourth-order valence-corrected chi connectivity index (χ4v) is 2.06. The largest absolute Gasteiger partial charge is 0.306 e. The second-order valence-corrected chi connectivity index (χ2v) is 4.40. The predicted molar refractivity (Wildman–Crippen MR) is 73.5 cm³/mol. The molecule has 3 heteroatoms. The van der Waals surface area contributed by atoms with E-state index in [2.05, 4.69) is 34.3 Å². The van der Waals surface area contributed by atoms with Gasteiger partial charge in [0, 0.05) is 23.8 Å². The zero-order valence-corrected chi connectivity index (χ0v) is 11.1. The van der Waals surface area contributed by atoms with Gasteiger partial charge in [-0.15, -0.1) is 0 Å². The third-order valence-electron chi connectivity index (χ3n) is 3.03. The molecule has 0 spiro atoms. The van der Waals surface area contributed by atoms with E-state index in [-0.39, 0.29) is 6.04 Å². The number of hydrogen-bond donors (Lipinski definition) is 1. The summed E-state index contributed by atoms with van der Waals surface area (Å²) in [4.78, 5) is 8.74. The Morgan fingerprint density at radius 2 is 2.00 bits per heavy atom. The first kappa shape index (κ1) is 12.7. The number of rotatable bonds is 4. The molecule has 1 N–H and O–H groups in total. The number of pyridine rings is 2. The molecule has 0 bridgehead atoms. The Balaban J connectivity index is 2.40. The summed E-state index contributed by atoms with van der Waals surface area (Å²) in [6.07, 6.45) is 3.77. The maximum atomic E-state index is 4.38. The van der Waals surface area contributed by atoms with Crippen LogP contribution in [0.3, 0.4) is 0 Å². The minimum atomic E-state index is 0.164. The Labute approximate surface area is 108 Å². The number of aromatic nitrogens is 2. The number of nitrogens with zero attached hydrogens (tertiary/aromatic N) is 2. The van der Waals surface area contributed by atoms with E-state index in [0.717, 1.165) is 17.9 Å². The number of aryl methyl sites for hydroxylation is 2. The molecule has 1 unspecified atom stereocenters. The highest BCUT2D eigenvalue weighted by atomic mass is 14.9. The summed E-state index contributed by atoms with van der Waals surface area (Å²) in [6.45, 7) is 7.07. The minimum absolute atomic E-state index is 0.164. The van der Waals surface area contributed by atoms with Gasteiger partial charge in [-0.1, -0.05) is 19.1 Å². The first-order valence-electron chi connectivity index (χ1n) is 6.29. The third kappa shape index (κ3) is 2.74. The van der Waals surface area contributed by atoms with Gasteiger partial charge in [0.15, 0.2) is 0 Å². The van der Waals surface area contributed by atoms with Crippen LogP contribution in [-0.2, 0) is 0 Å². The summed E-state index contributed by atoms with van der Waals surface area (Å²) < 4.78 is 0. The van der Waals surface area contributed by atoms with E-state index in [0.29, 0.717) is 0 Å². The zero-order chi connectivity index (χ0) is 13.0. The van der Waals surface area contributed by atoms with Crippen molar-refractivity contribution >= 4 is 0 Å². The van der Waals surface area contributed by atoms with Crippen LogP contribution in [0, 0.1) is 13.8 Å². The van der Waals surface area contributed by atoms with Crippen molar-refractivity contribution in [3.8, 4) is 0 Å². The van der Waals surface area contributed by atoms with Gasteiger partial charge in [0.25, 0.3) is 0 Å². The molecule has 0 aromatic carbocycles. The maximum absolute atomic E-state index is 4.38. The van der Waals surface area contributed by atoms with Crippen molar-refractivity contribution in [1.29, 1.82) is 0 Å². The molecule has 0 aliphatic carbocycles. The lowest BCUT2D eigenvalue weighted by molar-refractivity contribution is 0.622. The molecule has 2 heterocycles. The number of nitrogens with one attached hydrogen (secondary N) is 1. The van der Waals surface area contributed by atoms with Gasteiger partial charge in [-0.2, -0.15) is 0 Å². The fourth-order valence-electron chi connectivity index (χ4n) is 2.06. The monoisotopic (exact) mass is 241 g/mol. The quantitative estimate of drug-likeness (QED) is 0.894. The van der Waals surface area contributed by atoms with Gasteiger partial charge in [0.05, 0.1) is 6.04 Å². The van der Waals surface area contributed by atoms with Crippen LogP contribution in [0.4, 0.5) is 0 Å². The van der Waals surface area contributed by atoms with E-state index in [9.17, 15) is 0 Å². The summed E-state index contributed by atoms with van der Waals surface area (Å²) in [5.41, 5.74) is 4.49. The van der Waals surface area contributed by atoms with Crippen LogP contribution in [0.25, 0.3) is 0 Å². The topological polar surface area (TPSA) is 37.8 Å². The van der Waals surface area contributed by atoms with Crippen LogP contribution in [0.1, 0.15) is 35.5 Å². The Hall–Kier alpha value is -1.74. The second kappa shape index (κ2) is 5.74. The average Bonchev–Trinajstić information content (AvgIpc) is 2.38. The van der Waals surface area contributed by atoms with Crippen LogP contribution >= 0.6 is 0 Å². The summed E-state index contributed by atoms with van der Waals surface area (Å²) in [7, 11) is 0. The number of hydrogen-bond acceptors (Lipinski definition) is 3. The highest BCUT2D eigenvalue weighted by molar-refractivity contribution is 5.32. The zero-order valence-electron chi connectivity index (χ0n) is 11.1. The van der Waals surface area contributed by atoms with Crippen molar-refractivity contribution in [3.63, 3.8) is 0 Å². The van der Waals surface area contributed by atoms with Crippen LogP contribution in [0.2, 0.25) is 0 Å². The first-order valence-corrected chi connectivity index (χ1v) is 6.29. The van der Waals surface area contributed by atoms with E-state index >= 15 is 0 Å². The maximum Gasteiger partial charge on any atom is 0.0609 e. The van der Waals surface area contributed by atoms with Gasteiger partial charge >= 0.3 is 0 Å². The third-order valence-corrected chi connectivity index (χ3v) is 3.03. The first-order chi connectivity index (χ1) is 8.72. The minimum Gasteiger partial charge on any atom is -0.306 e. The summed E-state index contributed by atoms with van der Waals surface area (Å²) >= 11 is 0. The van der Waals surface area contributed by atoms with Crippen LogP contribution in [-0.4, -0.2) is 16.5 Å². The molecule has 0 aliphatic rings. The lowest BCUT2D eigenvalue weighted by Gasteiger charge is -2.20. The average molecular weight is 241 g/mol. The van der Waals surface area contributed by atoms with E-state index in [1.54, 1.807) is 0 Å². The molecular formula is C15H19N3. The molecule has 0 radical (unpaired) electrons. The molecule has 3 nitrogen and oxygen atoms in total. The van der Waals surface area contributed by atoms with Gasteiger partial charge in [0.1, 0.15) is 0 Å². The van der Waals surface area contributed by atoms with Crippen molar-refractivity contribution < 1.29 is 0 Å². The van der Waals surface area contributed by atoms with Crippen molar-refractivity contribution in [1.82, 2.24) is 15.3 Å². The molecule has 0 saturated carbocycles. The molecule has 0 saturated heterocycles. The highest BCUT2D eigenvalue weighted by Gasteiger charge is 2.15. The van der Waals surface area contributed by atoms with Gasteiger partial charge < -0.3 is 5.32 Å². The lowest BCUT2D eigenvalue weighted by Crippen LogP contribution is -2.23.